The zero-order valence-corrected chi connectivity index (χ0v) is 17.0. The summed E-state index contributed by atoms with van der Waals surface area (Å²) in [7, 11) is 3.05. The van der Waals surface area contributed by atoms with Crippen molar-refractivity contribution in [3.8, 4) is 17.2 Å². The first kappa shape index (κ1) is 20.9. The van der Waals surface area contributed by atoms with Crippen LogP contribution in [-0.4, -0.2) is 26.0 Å². The lowest BCUT2D eigenvalue weighted by atomic mass is 10.1. The largest absolute Gasteiger partial charge is 0.497 e. The summed E-state index contributed by atoms with van der Waals surface area (Å²) < 4.78 is 15.9. The predicted molar refractivity (Wildman–Crippen MR) is 115 cm³/mol. The van der Waals surface area contributed by atoms with Crippen LogP contribution >= 0.6 is 0 Å². The van der Waals surface area contributed by atoms with Crippen LogP contribution in [0, 0.1) is 6.92 Å². The van der Waals surface area contributed by atoms with Crippen molar-refractivity contribution in [1.29, 1.82) is 0 Å². The average Bonchev–Trinajstić information content (AvgIpc) is 2.77. The van der Waals surface area contributed by atoms with E-state index in [4.69, 9.17) is 14.2 Å². The van der Waals surface area contributed by atoms with Crippen molar-refractivity contribution in [1.82, 2.24) is 0 Å². The van der Waals surface area contributed by atoms with Crippen LogP contribution in [0.25, 0.3) is 6.08 Å². The second kappa shape index (κ2) is 9.56. The summed E-state index contributed by atoms with van der Waals surface area (Å²) in [6.45, 7) is 1.95. The van der Waals surface area contributed by atoms with Crippen LogP contribution in [0.5, 0.6) is 17.2 Å². The number of methoxy groups -OCH3 is 2. The number of carbonyl (C=O) groups is 2. The van der Waals surface area contributed by atoms with Crippen molar-refractivity contribution in [2.24, 2.45) is 0 Å². The molecule has 152 valence electrons. The number of hydrogen-bond donors (Lipinski definition) is 0. The van der Waals surface area contributed by atoms with Crippen LogP contribution in [-0.2, 0) is 0 Å². The number of ether oxygens (including phenoxy) is 3. The van der Waals surface area contributed by atoms with E-state index in [-0.39, 0.29) is 5.78 Å². The van der Waals surface area contributed by atoms with E-state index in [9.17, 15) is 9.59 Å². The molecule has 0 amide bonds. The molecule has 30 heavy (non-hydrogen) atoms. The van der Waals surface area contributed by atoms with Gasteiger partial charge in [0.2, 0.25) is 0 Å². The topological polar surface area (TPSA) is 61.8 Å². The molecule has 0 aliphatic carbocycles. The van der Waals surface area contributed by atoms with Crippen molar-refractivity contribution in [2.45, 2.75) is 6.92 Å². The first-order chi connectivity index (χ1) is 14.5. The normalized spacial score (nSPS) is 10.6. The fraction of sp³-hybridized carbons (Fsp3) is 0.120. The molecular formula is C25H22O5. The lowest BCUT2D eigenvalue weighted by Crippen LogP contribution is -2.08. The fourth-order valence-electron chi connectivity index (χ4n) is 2.80. The maximum absolute atomic E-state index is 12.6. The number of benzene rings is 3. The standard InChI is InChI=1S/C25H22O5/c1-17-7-10-19(11-8-17)25(27)30-21-6-4-5-18(15-21)9-14-23(26)22-13-12-20(28-2)16-24(22)29-3/h4-16H,1-3H3/b14-9+. The molecule has 3 aromatic carbocycles. The molecule has 0 saturated heterocycles. The van der Waals surface area contributed by atoms with Gasteiger partial charge in [-0.15, -0.1) is 0 Å². The van der Waals surface area contributed by atoms with Gasteiger partial charge in [-0.3, -0.25) is 4.79 Å². The van der Waals surface area contributed by atoms with Gasteiger partial charge in [-0.1, -0.05) is 35.9 Å². The highest BCUT2D eigenvalue weighted by atomic mass is 16.5. The summed E-state index contributed by atoms with van der Waals surface area (Å²) >= 11 is 0. The molecule has 0 atom stereocenters. The van der Waals surface area contributed by atoms with Gasteiger partial charge in [-0.25, -0.2) is 4.79 Å². The number of carbonyl (C=O) groups excluding carboxylic acids is 2. The van der Waals surface area contributed by atoms with E-state index in [0.29, 0.717) is 28.4 Å². The molecule has 5 nitrogen and oxygen atoms in total. The van der Waals surface area contributed by atoms with Crippen LogP contribution in [0.1, 0.15) is 31.8 Å². The smallest absolute Gasteiger partial charge is 0.343 e. The van der Waals surface area contributed by atoms with E-state index in [1.54, 1.807) is 61.7 Å². The SMILES string of the molecule is COc1ccc(C(=O)/C=C/c2cccc(OC(=O)c3ccc(C)cc3)c2)c(OC)c1. The van der Waals surface area contributed by atoms with Crippen molar-refractivity contribution < 1.29 is 23.8 Å². The van der Waals surface area contributed by atoms with Gasteiger partial charge in [-0.2, -0.15) is 0 Å². The summed E-state index contributed by atoms with van der Waals surface area (Å²) in [5.74, 6) is 0.796. The Kier molecular flexibility index (Phi) is 6.65. The maximum Gasteiger partial charge on any atom is 0.343 e. The highest BCUT2D eigenvalue weighted by Crippen LogP contribution is 2.25. The number of rotatable bonds is 7. The van der Waals surface area contributed by atoms with E-state index in [1.165, 1.54) is 13.2 Å². The van der Waals surface area contributed by atoms with Crippen LogP contribution in [0.4, 0.5) is 0 Å². The minimum absolute atomic E-state index is 0.212. The molecule has 0 aliphatic rings. The molecule has 0 aliphatic heterocycles. The molecule has 0 N–H and O–H groups in total. The van der Waals surface area contributed by atoms with Crippen LogP contribution in [0.3, 0.4) is 0 Å². The second-order valence-corrected chi connectivity index (χ2v) is 6.59. The number of aryl methyl sites for hydroxylation is 1. The molecule has 0 unspecified atom stereocenters. The van der Waals surface area contributed by atoms with Crippen molar-refractivity contribution in [3.63, 3.8) is 0 Å². The maximum atomic E-state index is 12.6. The molecule has 0 spiro atoms. The van der Waals surface area contributed by atoms with Gasteiger partial charge in [0.05, 0.1) is 25.3 Å². The molecule has 3 aromatic rings. The summed E-state index contributed by atoms with van der Waals surface area (Å²) in [5.41, 5.74) is 2.70. The highest BCUT2D eigenvalue weighted by Gasteiger charge is 2.11. The molecule has 0 heterocycles. The summed E-state index contributed by atoms with van der Waals surface area (Å²) in [6.07, 6.45) is 3.11. The van der Waals surface area contributed by atoms with Crippen LogP contribution in [0.2, 0.25) is 0 Å². The second-order valence-electron chi connectivity index (χ2n) is 6.59. The molecule has 0 aromatic heterocycles. The molecule has 0 bridgehead atoms. The highest BCUT2D eigenvalue weighted by molar-refractivity contribution is 6.08. The molecule has 0 radical (unpaired) electrons. The Bertz CT molecular complexity index is 1080. The van der Waals surface area contributed by atoms with E-state index in [0.717, 1.165) is 11.1 Å². The first-order valence-electron chi connectivity index (χ1n) is 9.33. The van der Waals surface area contributed by atoms with Gasteiger partial charge in [-0.05, 0) is 55.0 Å². The Hall–Kier alpha value is -3.86. The number of ketones is 1. The summed E-state index contributed by atoms with van der Waals surface area (Å²) in [6, 6.07) is 19.1. The summed E-state index contributed by atoms with van der Waals surface area (Å²) in [4.78, 5) is 24.9. The summed E-state index contributed by atoms with van der Waals surface area (Å²) in [5, 5.41) is 0. The third kappa shape index (κ3) is 5.14. The number of allylic oxidation sites excluding steroid dienone is 1. The number of hydrogen-bond acceptors (Lipinski definition) is 5. The molecule has 5 heteroatoms. The third-order valence-electron chi connectivity index (χ3n) is 4.46. The molecule has 3 rings (SSSR count). The van der Waals surface area contributed by atoms with E-state index in [1.807, 2.05) is 25.1 Å². The minimum Gasteiger partial charge on any atom is -0.497 e. The van der Waals surface area contributed by atoms with E-state index < -0.39 is 5.97 Å². The molecule has 0 saturated carbocycles. The monoisotopic (exact) mass is 402 g/mol. The minimum atomic E-state index is -0.435. The Morgan fingerprint density at radius 3 is 2.30 bits per heavy atom. The lowest BCUT2D eigenvalue weighted by molar-refractivity contribution is 0.0734. The quantitative estimate of drug-likeness (QED) is 0.237. The van der Waals surface area contributed by atoms with Crippen molar-refractivity contribution in [2.75, 3.05) is 14.2 Å². The Morgan fingerprint density at radius 2 is 1.60 bits per heavy atom. The van der Waals surface area contributed by atoms with Gasteiger partial charge in [0.25, 0.3) is 0 Å². The van der Waals surface area contributed by atoms with Gasteiger partial charge >= 0.3 is 5.97 Å². The van der Waals surface area contributed by atoms with Crippen molar-refractivity contribution >= 4 is 17.8 Å². The Balaban J connectivity index is 1.73. The Labute approximate surface area is 175 Å². The van der Waals surface area contributed by atoms with Gasteiger partial charge < -0.3 is 14.2 Å². The van der Waals surface area contributed by atoms with Crippen LogP contribution in [0.15, 0.2) is 72.8 Å². The fourth-order valence-corrected chi connectivity index (χ4v) is 2.80. The van der Waals surface area contributed by atoms with E-state index in [2.05, 4.69) is 0 Å². The molecule has 0 fully saturated rings. The lowest BCUT2D eigenvalue weighted by Gasteiger charge is -2.08. The first-order valence-corrected chi connectivity index (χ1v) is 9.33. The van der Waals surface area contributed by atoms with E-state index >= 15 is 0 Å². The van der Waals surface area contributed by atoms with Gasteiger partial charge in [0.15, 0.2) is 5.78 Å². The Morgan fingerprint density at radius 1 is 0.833 bits per heavy atom. The zero-order valence-electron chi connectivity index (χ0n) is 17.0. The zero-order chi connectivity index (χ0) is 21.5. The molecular weight excluding hydrogens is 380 g/mol. The number of esters is 1. The predicted octanol–water partition coefficient (Wildman–Crippen LogP) is 5.13. The third-order valence-corrected chi connectivity index (χ3v) is 4.46. The van der Waals surface area contributed by atoms with Gasteiger partial charge in [0, 0.05) is 6.07 Å². The average molecular weight is 402 g/mol. The van der Waals surface area contributed by atoms with Gasteiger partial charge in [0.1, 0.15) is 17.2 Å². The van der Waals surface area contributed by atoms with Crippen molar-refractivity contribution in [3.05, 3.63) is 95.1 Å². The van der Waals surface area contributed by atoms with Crippen LogP contribution < -0.4 is 14.2 Å².